The molecule has 2 aromatic carbocycles. The van der Waals surface area contributed by atoms with Gasteiger partial charge in [-0.2, -0.15) is 5.26 Å². The summed E-state index contributed by atoms with van der Waals surface area (Å²) >= 11 is 0. The van der Waals surface area contributed by atoms with Gasteiger partial charge in [-0.25, -0.2) is 0 Å². The monoisotopic (exact) mass is 322 g/mol. The molecule has 2 rings (SSSR count). The maximum absolute atomic E-state index is 12.0. The standard InChI is InChI=1S/C19H18N2O3/c1-3-24-17-10-8-14(12-18(17)23-2)9-11-19(22)21-16-7-5-4-6-15(16)13-20/h4-12H,3H2,1-2H3,(H,21,22)/b11-9+. The summed E-state index contributed by atoms with van der Waals surface area (Å²) < 4.78 is 10.7. The van der Waals surface area contributed by atoms with Crippen LogP contribution in [0.5, 0.6) is 11.5 Å². The number of nitriles is 1. The first kappa shape index (κ1) is 17.1. The molecule has 2 aromatic rings. The quantitative estimate of drug-likeness (QED) is 0.825. The molecule has 5 heteroatoms. The van der Waals surface area contributed by atoms with Crippen molar-refractivity contribution in [3.8, 4) is 17.6 Å². The molecule has 0 saturated heterocycles. The Morgan fingerprint density at radius 2 is 2.04 bits per heavy atom. The third-order valence-electron chi connectivity index (χ3n) is 3.22. The minimum absolute atomic E-state index is 0.314. The number of nitrogens with one attached hydrogen (secondary N) is 1. The molecular formula is C19H18N2O3. The lowest BCUT2D eigenvalue weighted by Gasteiger charge is -2.09. The Kier molecular flexibility index (Phi) is 5.98. The van der Waals surface area contributed by atoms with E-state index >= 15 is 0 Å². The molecule has 0 radical (unpaired) electrons. The van der Waals surface area contributed by atoms with Crippen LogP contribution in [0.4, 0.5) is 5.69 Å². The number of anilines is 1. The van der Waals surface area contributed by atoms with E-state index in [1.54, 1.807) is 49.6 Å². The molecule has 0 atom stereocenters. The van der Waals surface area contributed by atoms with Crippen molar-refractivity contribution in [2.24, 2.45) is 0 Å². The van der Waals surface area contributed by atoms with Crippen LogP contribution in [0.25, 0.3) is 6.08 Å². The summed E-state index contributed by atoms with van der Waals surface area (Å²) in [4.78, 5) is 12.0. The lowest BCUT2D eigenvalue weighted by molar-refractivity contribution is -0.111. The third kappa shape index (κ3) is 4.37. The van der Waals surface area contributed by atoms with Crippen molar-refractivity contribution in [1.29, 1.82) is 5.26 Å². The first-order valence-corrected chi connectivity index (χ1v) is 7.47. The molecule has 0 fully saturated rings. The zero-order valence-corrected chi connectivity index (χ0v) is 13.6. The van der Waals surface area contributed by atoms with Crippen molar-refractivity contribution in [2.45, 2.75) is 6.92 Å². The average Bonchev–Trinajstić information content (AvgIpc) is 2.61. The van der Waals surface area contributed by atoms with Gasteiger partial charge in [-0.05, 0) is 42.8 Å². The zero-order valence-electron chi connectivity index (χ0n) is 13.6. The lowest BCUT2D eigenvalue weighted by Crippen LogP contribution is -2.08. The third-order valence-corrected chi connectivity index (χ3v) is 3.22. The van der Waals surface area contributed by atoms with E-state index in [-0.39, 0.29) is 5.91 Å². The van der Waals surface area contributed by atoms with Gasteiger partial charge in [0.1, 0.15) is 6.07 Å². The summed E-state index contributed by atoms with van der Waals surface area (Å²) in [5, 5.41) is 11.7. The van der Waals surface area contributed by atoms with Crippen LogP contribution in [-0.4, -0.2) is 19.6 Å². The van der Waals surface area contributed by atoms with Crippen molar-refractivity contribution < 1.29 is 14.3 Å². The molecule has 5 nitrogen and oxygen atoms in total. The number of rotatable bonds is 6. The van der Waals surface area contributed by atoms with Crippen molar-refractivity contribution in [2.75, 3.05) is 19.0 Å². The zero-order chi connectivity index (χ0) is 17.4. The molecule has 0 aliphatic carbocycles. The summed E-state index contributed by atoms with van der Waals surface area (Å²) in [6.45, 7) is 2.45. The Balaban J connectivity index is 2.10. The number of para-hydroxylation sites is 1. The second kappa shape index (κ2) is 8.39. The molecule has 0 aliphatic heterocycles. The van der Waals surface area contributed by atoms with Gasteiger partial charge in [-0.3, -0.25) is 4.79 Å². The van der Waals surface area contributed by atoms with Crippen molar-refractivity contribution >= 4 is 17.7 Å². The maximum Gasteiger partial charge on any atom is 0.248 e. The molecule has 0 bridgehead atoms. The fourth-order valence-electron chi connectivity index (χ4n) is 2.10. The van der Waals surface area contributed by atoms with E-state index in [4.69, 9.17) is 14.7 Å². The molecule has 1 N–H and O–H groups in total. The maximum atomic E-state index is 12.0. The van der Waals surface area contributed by atoms with Gasteiger partial charge in [-0.15, -0.1) is 0 Å². The topological polar surface area (TPSA) is 71.3 Å². The summed E-state index contributed by atoms with van der Waals surface area (Å²) in [6.07, 6.45) is 3.08. The predicted molar refractivity (Wildman–Crippen MR) is 93.0 cm³/mol. The van der Waals surface area contributed by atoms with E-state index in [9.17, 15) is 4.79 Å². The number of hydrogen-bond donors (Lipinski definition) is 1. The molecule has 0 heterocycles. The van der Waals surface area contributed by atoms with Crippen LogP contribution < -0.4 is 14.8 Å². The number of carbonyl (C=O) groups is 1. The minimum atomic E-state index is -0.314. The predicted octanol–water partition coefficient (Wildman–Crippen LogP) is 3.62. The van der Waals surface area contributed by atoms with Crippen LogP contribution >= 0.6 is 0 Å². The average molecular weight is 322 g/mol. The first-order valence-electron chi connectivity index (χ1n) is 7.47. The van der Waals surface area contributed by atoms with E-state index in [1.165, 1.54) is 6.08 Å². The number of hydrogen-bond acceptors (Lipinski definition) is 4. The van der Waals surface area contributed by atoms with E-state index in [0.29, 0.717) is 29.4 Å². The second-order valence-electron chi connectivity index (χ2n) is 4.82. The molecule has 0 saturated carbocycles. The Morgan fingerprint density at radius 3 is 2.75 bits per heavy atom. The summed E-state index contributed by atoms with van der Waals surface area (Å²) in [5.74, 6) is 0.948. The van der Waals surface area contributed by atoms with Gasteiger partial charge in [0.2, 0.25) is 5.91 Å². The Morgan fingerprint density at radius 1 is 1.25 bits per heavy atom. The number of amides is 1. The van der Waals surface area contributed by atoms with E-state index < -0.39 is 0 Å². The van der Waals surface area contributed by atoms with Gasteiger partial charge in [0.15, 0.2) is 11.5 Å². The van der Waals surface area contributed by atoms with Crippen LogP contribution in [0.2, 0.25) is 0 Å². The van der Waals surface area contributed by atoms with Gasteiger partial charge in [0, 0.05) is 6.08 Å². The van der Waals surface area contributed by atoms with Gasteiger partial charge >= 0.3 is 0 Å². The number of methoxy groups -OCH3 is 1. The fraction of sp³-hybridized carbons (Fsp3) is 0.158. The molecule has 0 spiro atoms. The fourth-order valence-corrected chi connectivity index (χ4v) is 2.10. The van der Waals surface area contributed by atoms with Gasteiger partial charge < -0.3 is 14.8 Å². The van der Waals surface area contributed by atoms with Crippen LogP contribution in [0, 0.1) is 11.3 Å². The second-order valence-corrected chi connectivity index (χ2v) is 4.82. The summed E-state index contributed by atoms with van der Waals surface area (Å²) in [6, 6.07) is 14.3. The van der Waals surface area contributed by atoms with Gasteiger partial charge in [0.05, 0.1) is 25.0 Å². The molecule has 0 unspecified atom stereocenters. The Labute approximate surface area is 141 Å². The van der Waals surface area contributed by atoms with E-state index in [1.807, 2.05) is 19.1 Å². The Hall–Kier alpha value is -3.26. The molecule has 0 aliphatic rings. The molecule has 0 aromatic heterocycles. The lowest BCUT2D eigenvalue weighted by atomic mass is 10.1. The highest BCUT2D eigenvalue weighted by atomic mass is 16.5. The van der Waals surface area contributed by atoms with Crippen molar-refractivity contribution in [3.63, 3.8) is 0 Å². The van der Waals surface area contributed by atoms with E-state index in [2.05, 4.69) is 5.32 Å². The normalized spacial score (nSPS) is 10.2. The smallest absolute Gasteiger partial charge is 0.248 e. The highest BCUT2D eigenvalue weighted by Gasteiger charge is 2.05. The number of ether oxygens (including phenoxy) is 2. The number of nitrogens with zero attached hydrogens (tertiary/aromatic N) is 1. The molecular weight excluding hydrogens is 304 g/mol. The highest BCUT2D eigenvalue weighted by Crippen LogP contribution is 2.28. The summed E-state index contributed by atoms with van der Waals surface area (Å²) in [5.41, 5.74) is 1.71. The van der Waals surface area contributed by atoms with Crippen molar-refractivity contribution in [1.82, 2.24) is 0 Å². The summed E-state index contributed by atoms with van der Waals surface area (Å²) in [7, 11) is 1.57. The molecule has 122 valence electrons. The Bertz CT molecular complexity index is 791. The highest BCUT2D eigenvalue weighted by molar-refractivity contribution is 6.02. The largest absolute Gasteiger partial charge is 0.493 e. The van der Waals surface area contributed by atoms with Gasteiger partial charge in [-0.1, -0.05) is 18.2 Å². The minimum Gasteiger partial charge on any atom is -0.493 e. The van der Waals surface area contributed by atoms with Gasteiger partial charge in [0.25, 0.3) is 0 Å². The SMILES string of the molecule is CCOc1ccc(/C=C/C(=O)Nc2ccccc2C#N)cc1OC. The van der Waals surface area contributed by atoms with Crippen LogP contribution in [-0.2, 0) is 4.79 Å². The van der Waals surface area contributed by atoms with E-state index in [0.717, 1.165) is 5.56 Å². The molecule has 24 heavy (non-hydrogen) atoms. The number of carbonyl (C=O) groups excluding carboxylic acids is 1. The van der Waals surface area contributed by atoms with Crippen LogP contribution in [0.1, 0.15) is 18.1 Å². The van der Waals surface area contributed by atoms with Crippen LogP contribution in [0.15, 0.2) is 48.5 Å². The van der Waals surface area contributed by atoms with Crippen molar-refractivity contribution in [3.05, 3.63) is 59.7 Å². The molecule has 1 amide bonds. The first-order chi connectivity index (χ1) is 11.7. The van der Waals surface area contributed by atoms with Crippen LogP contribution in [0.3, 0.4) is 0 Å². The number of benzene rings is 2.